The first-order valence-electron chi connectivity index (χ1n) is 7.58. The summed E-state index contributed by atoms with van der Waals surface area (Å²) in [7, 11) is 0. The number of carbonyl (C=O) groups excluding carboxylic acids is 1. The Morgan fingerprint density at radius 2 is 1.92 bits per heavy atom. The maximum absolute atomic E-state index is 12.3. The quantitative estimate of drug-likeness (QED) is 0.577. The highest BCUT2D eigenvalue weighted by Gasteiger charge is 2.11. The highest BCUT2D eigenvalue weighted by Crippen LogP contribution is 2.25. The number of nitrogens with one attached hydrogen (secondary N) is 1. The molecule has 0 fully saturated rings. The summed E-state index contributed by atoms with van der Waals surface area (Å²) in [5, 5.41) is 3.36. The van der Waals surface area contributed by atoms with Crippen molar-refractivity contribution in [2.45, 2.75) is 0 Å². The van der Waals surface area contributed by atoms with Gasteiger partial charge in [0.05, 0.1) is 0 Å². The molecule has 0 saturated heterocycles. The Morgan fingerprint density at radius 3 is 2.76 bits per heavy atom. The molecular formula is C19H12ClN3O2. The minimum atomic E-state index is -0.237. The first kappa shape index (κ1) is 15.4. The number of halogens is 1. The van der Waals surface area contributed by atoms with Crippen LogP contribution in [0.5, 0.6) is 0 Å². The lowest BCUT2D eigenvalue weighted by atomic mass is 10.1. The molecule has 0 atom stereocenters. The van der Waals surface area contributed by atoms with Crippen LogP contribution in [0.1, 0.15) is 10.4 Å². The summed E-state index contributed by atoms with van der Waals surface area (Å²) >= 11 is 5.93. The number of carbonyl (C=O) groups is 1. The number of amides is 1. The van der Waals surface area contributed by atoms with E-state index in [4.69, 9.17) is 16.0 Å². The van der Waals surface area contributed by atoms with E-state index in [1.165, 1.54) is 0 Å². The van der Waals surface area contributed by atoms with Crippen molar-refractivity contribution >= 4 is 34.4 Å². The van der Waals surface area contributed by atoms with Crippen molar-refractivity contribution in [1.82, 2.24) is 9.97 Å². The van der Waals surface area contributed by atoms with E-state index in [2.05, 4.69) is 15.3 Å². The average Bonchev–Trinajstić information content (AvgIpc) is 3.06. The van der Waals surface area contributed by atoms with Crippen LogP contribution in [0.2, 0.25) is 5.02 Å². The summed E-state index contributed by atoms with van der Waals surface area (Å²) in [4.78, 5) is 20.9. The fraction of sp³-hybridized carbons (Fsp3) is 0. The highest BCUT2D eigenvalue weighted by atomic mass is 35.5. The zero-order valence-electron chi connectivity index (χ0n) is 12.9. The minimum Gasteiger partial charge on any atom is -0.434 e. The van der Waals surface area contributed by atoms with E-state index in [9.17, 15) is 4.79 Å². The third-order valence-electron chi connectivity index (χ3n) is 3.62. The molecule has 0 radical (unpaired) electrons. The molecule has 0 spiro atoms. The Balaban J connectivity index is 1.62. The van der Waals surface area contributed by atoms with Crippen LogP contribution >= 0.6 is 11.6 Å². The van der Waals surface area contributed by atoms with E-state index >= 15 is 0 Å². The topological polar surface area (TPSA) is 68.0 Å². The van der Waals surface area contributed by atoms with Crippen LogP contribution in [0.3, 0.4) is 0 Å². The predicted molar refractivity (Wildman–Crippen MR) is 96.6 cm³/mol. The molecule has 0 aliphatic heterocycles. The van der Waals surface area contributed by atoms with Crippen molar-refractivity contribution in [2.75, 3.05) is 5.32 Å². The van der Waals surface area contributed by atoms with Gasteiger partial charge < -0.3 is 9.73 Å². The third-order valence-corrected chi connectivity index (χ3v) is 3.85. The normalized spacial score (nSPS) is 10.8. The number of rotatable bonds is 3. The molecule has 2 aromatic heterocycles. The molecule has 122 valence electrons. The first-order valence-corrected chi connectivity index (χ1v) is 7.96. The molecule has 5 nitrogen and oxygen atoms in total. The largest absolute Gasteiger partial charge is 0.434 e. The van der Waals surface area contributed by atoms with Crippen molar-refractivity contribution in [1.29, 1.82) is 0 Å². The smallest absolute Gasteiger partial charge is 0.255 e. The average molecular weight is 350 g/mol. The van der Waals surface area contributed by atoms with Gasteiger partial charge in [0.1, 0.15) is 0 Å². The van der Waals surface area contributed by atoms with Crippen LogP contribution in [0.25, 0.3) is 22.7 Å². The highest BCUT2D eigenvalue weighted by molar-refractivity contribution is 6.31. The Hall–Kier alpha value is -3.18. The Bertz CT molecular complexity index is 1040. The van der Waals surface area contributed by atoms with Crippen molar-refractivity contribution in [3.63, 3.8) is 0 Å². The van der Waals surface area contributed by atoms with Crippen LogP contribution in [-0.2, 0) is 0 Å². The van der Waals surface area contributed by atoms with E-state index in [1.54, 1.807) is 48.7 Å². The summed E-state index contributed by atoms with van der Waals surface area (Å²) in [6.45, 7) is 0. The van der Waals surface area contributed by atoms with Gasteiger partial charge in [0.15, 0.2) is 11.2 Å². The molecule has 2 heterocycles. The maximum atomic E-state index is 12.3. The number of benzene rings is 2. The second-order valence-corrected chi connectivity index (χ2v) is 5.83. The molecule has 4 rings (SSSR count). The van der Waals surface area contributed by atoms with Crippen LogP contribution < -0.4 is 5.32 Å². The van der Waals surface area contributed by atoms with Crippen LogP contribution in [0.4, 0.5) is 5.69 Å². The van der Waals surface area contributed by atoms with Gasteiger partial charge in [-0.2, -0.15) is 4.98 Å². The SMILES string of the molecule is O=C(Nc1cccc(-c2nc3ncccc3o2)c1)c1cccc(Cl)c1. The first-order chi connectivity index (χ1) is 12.2. The summed E-state index contributed by atoms with van der Waals surface area (Å²) in [6.07, 6.45) is 1.66. The summed E-state index contributed by atoms with van der Waals surface area (Å²) in [5.41, 5.74) is 3.04. The minimum absolute atomic E-state index is 0.237. The second-order valence-electron chi connectivity index (χ2n) is 5.39. The molecule has 0 aliphatic carbocycles. The van der Waals surface area contributed by atoms with Gasteiger partial charge in [-0.3, -0.25) is 4.79 Å². The van der Waals surface area contributed by atoms with Crippen molar-refractivity contribution < 1.29 is 9.21 Å². The van der Waals surface area contributed by atoms with Crippen LogP contribution in [0, 0.1) is 0 Å². The van der Waals surface area contributed by atoms with E-state index in [0.29, 0.717) is 33.4 Å². The van der Waals surface area contributed by atoms with Gasteiger partial charge in [-0.1, -0.05) is 23.7 Å². The molecule has 0 bridgehead atoms. The van der Waals surface area contributed by atoms with Gasteiger partial charge >= 0.3 is 0 Å². The van der Waals surface area contributed by atoms with Gasteiger partial charge in [-0.05, 0) is 48.5 Å². The Morgan fingerprint density at radius 1 is 1.04 bits per heavy atom. The molecular weight excluding hydrogens is 338 g/mol. The van der Waals surface area contributed by atoms with Crippen LogP contribution in [0.15, 0.2) is 71.3 Å². The number of fused-ring (bicyclic) bond motifs is 1. The van der Waals surface area contributed by atoms with Crippen molar-refractivity contribution in [3.8, 4) is 11.5 Å². The molecule has 1 amide bonds. The van der Waals surface area contributed by atoms with Gasteiger partial charge in [-0.25, -0.2) is 4.98 Å². The predicted octanol–water partition coefficient (Wildman–Crippen LogP) is 4.80. The molecule has 1 N–H and O–H groups in total. The zero-order valence-corrected chi connectivity index (χ0v) is 13.7. The molecule has 0 aliphatic rings. The molecule has 25 heavy (non-hydrogen) atoms. The standard InChI is InChI=1S/C19H12ClN3O2/c20-14-6-1-4-12(10-14)18(24)22-15-7-2-5-13(11-15)19-23-17-16(25-19)8-3-9-21-17/h1-11H,(H,22,24). The molecule has 0 saturated carbocycles. The lowest BCUT2D eigenvalue weighted by molar-refractivity contribution is 0.102. The number of nitrogens with zero attached hydrogens (tertiary/aromatic N) is 2. The maximum Gasteiger partial charge on any atom is 0.255 e. The number of pyridine rings is 1. The van der Waals surface area contributed by atoms with E-state index in [1.807, 2.05) is 18.2 Å². The Kier molecular flexibility index (Phi) is 3.91. The lowest BCUT2D eigenvalue weighted by Gasteiger charge is -2.06. The van der Waals surface area contributed by atoms with Gasteiger partial charge in [0, 0.05) is 28.0 Å². The number of hydrogen-bond acceptors (Lipinski definition) is 4. The summed E-state index contributed by atoms with van der Waals surface area (Å²) in [5.74, 6) is 0.214. The molecule has 2 aromatic carbocycles. The fourth-order valence-electron chi connectivity index (χ4n) is 2.46. The number of hydrogen-bond donors (Lipinski definition) is 1. The van der Waals surface area contributed by atoms with E-state index in [-0.39, 0.29) is 5.91 Å². The zero-order chi connectivity index (χ0) is 17.2. The van der Waals surface area contributed by atoms with Gasteiger partial charge in [-0.15, -0.1) is 0 Å². The van der Waals surface area contributed by atoms with E-state index < -0.39 is 0 Å². The third kappa shape index (κ3) is 3.22. The number of oxazole rings is 1. The van der Waals surface area contributed by atoms with Gasteiger partial charge in [0.2, 0.25) is 5.89 Å². The fourth-order valence-corrected chi connectivity index (χ4v) is 2.65. The van der Waals surface area contributed by atoms with Crippen LogP contribution in [-0.4, -0.2) is 15.9 Å². The van der Waals surface area contributed by atoms with E-state index in [0.717, 1.165) is 5.56 Å². The number of anilines is 1. The molecule has 6 heteroatoms. The lowest BCUT2D eigenvalue weighted by Crippen LogP contribution is -2.11. The van der Waals surface area contributed by atoms with Crippen molar-refractivity contribution in [2.24, 2.45) is 0 Å². The summed E-state index contributed by atoms with van der Waals surface area (Å²) < 4.78 is 5.71. The molecule has 4 aromatic rings. The second kappa shape index (κ2) is 6.37. The number of aromatic nitrogens is 2. The monoisotopic (exact) mass is 349 g/mol. The Labute approximate surface area is 148 Å². The summed E-state index contributed by atoms with van der Waals surface area (Å²) in [6, 6.07) is 17.7. The molecule has 0 unspecified atom stereocenters. The van der Waals surface area contributed by atoms with Crippen molar-refractivity contribution in [3.05, 3.63) is 77.4 Å². The van der Waals surface area contributed by atoms with Gasteiger partial charge in [0.25, 0.3) is 5.91 Å².